The van der Waals surface area contributed by atoms with Crippen molar-refractivity contribution in [2.45, 2.75) is 33.3 Å². The van der Waals surface area contributed by atoms with Crippen LogP contribution in [0.4, 0.5) is 10.5 Å². The highest BCUT2D eigenvalue weighted by Crippen LogP contribution is 2.18. The van der Waals surface area contributed by atoms with Gasteiger partial charge in [0.2, 0.25) is 0 Å². The van der Waals surface area contributed by atoms with Crippen LogP contribution in [0.2, 0.25) is 0 Å². The van der Waals surface area contributed by atoms with Gasteiger partial charge in [-0.1, -0.05) is 0 Å². The van der Waals surface area contributed by atoms with Gasteiger partial charge in [0.15, 0.2) is 0 Å². The van der Waals surface area contributed by atoms with Crippen LogP contribution in [0.5, 0.6) is 0 Å². The van der Waals surface area contributed by atoms with E-state index >= 15 is 0 Å². The molecule has 3 N–H and O–H groups in total. The van der Waals surface area contributed by atoms with E-state index in [1.807, 2.05) is 25.1 Å². The molecular formula is C18H23IN4O3. The number of halogens is 1. The molecule has 7 nitrogen and oxygen atoms in total. The lowest BCUT2D eigenvalue weighted by atomic mass is 10.2. The van der Waals surface area contributed by atoms with E-state index in [0.29, 0.717) is 18.8 Å². The summed E-state index contributed by atoms with van der Waals surface area (Å²) in [7, 11) is 0. The van der Waals surface area contributed by atoms with Crippen molar-refractivity contribution in [2.75, 3.05) is 18.4 Å². The molecule has 0 saturated heterocycles. The molecule has 1 aromatic rings. The number of carbonyl (C=O) groups is 2. The first kappa shape index (κ1) is 21.8. The van der Waals surface area contributed by atoms with Gasteiger partial charge in [0.05, 0.1) is 0 Å². The van der Waals surface area contributed by atoms with Crippen LogP contribution in [0.3, 0.4) is 0 Å². The second-order valence-corrected chi connectivity index (χ2v) is 7.71. The van der Waals surface area contributed by atoms with E-state index in [9.17, 15) is 9.59 Å². The summed E-state index contributed by atoms with van der Waals surface area (Å²) in [5, 5.41) is 17.3. The number of aryl methyl sites for hydroxylation is 1. The first-order valence-corrected chi connectivity index (χ1v) is 9.08. The number of hydrogen-bond donors (Lipinski definition) is 3. The SMILES string of the molecule is Cc1cc(I)ccc1NC(=O)/C(C#N)=C\NCCNC(=O)OC(C)(C)C. The van der Waals surface area contributed by atoms with Crippen LogP contribution in [-0.2, 0) is 9.53 Å². The Morgan fingerprint density at radius 1 is 1.31 bits per heavy atom. The molecule has 140 valence electrons. The minimum Gasteiger partial charge on any atom is -0.444 e. The van der Waals surface area contributed by atoms with Gasteiger partial charge in [-0.05, 0) is 74.0 Å². The molecule has 0 aliphatic carbocycles. The van der Waals surface area contributed by atoms with Gasteiger partial charge in [0, 0.05) is 28.5 Å². The summed E-state index contributed by atoms with van der Waals surface area (Å²) in [4.78, 5) is 23.7. The van der Waals surface area contributed by atoms with Gasteiger partial charge in [-0.2, -0.15) is 5.26 Å². The Labute approximate surface area is 167 Å². The van der Waals surface area contributed by atoms with Crippen molar-refractivity contribution < 1.29 is 14.3 Å². The van der Waals surface area contributed by atoms with Crippen molar-refractivity contribution in [3.63, 3.8) is 0 Å². The number of nitriles is 1. The lowest BCUT2D eigenvalue weighted by molar-refractivity contribution is -0.112. The highest BCUT2D eigenvalue weighted by molar-refractivity contribution is 14.1. The predicted molar refractivity (Wildman–Crippen MR) is 108 cm³/mol. The maximum Gasteiger partial charge on any atom is 0.407 e. The smallest absolute Gasteiger partial charge is 0.407 e. The molecule has 2 amide bonds. The van der Waals surface area contributed by atoms with E-state index in [2.05, 4.69) is 38.5 Å². The molecule has 0 heterocycles. The Hall–Kier alpha value is -2.28. The zero-order valence-electron chi connectivity index (χ0n) is 15.3. The Morgan fingerprint density at radius 2 is 2.00 bits per heavy atom. The lowest BCUT2D eigenvalue weighted by Gasteiger charge is -2.19. The monoisotopic (exact) mass is 470 g/mol. The predicted octanol–water partition coefficient (Wildman–Crippen LogP) is 3.06. The fourth-order valence-corrected chi connectivity index (χ4v) is 2.48. The van der Waals surface area contributed by atoms with Crippen LogP contribution in [0.15, 0.2) is 30.0 Å². The van der Waals surface area contributed by atoms with Crippen LogP contribution in [0.1, 0.15) is 26.3 Å². The number of carbonyl (C=O) groups excluding carboxylic acids is 2. The number of anilines is 1. The average molecular weight is 470 g/mol. The number of benzene rings is 1. The number of ether oxygens (including phenoxy) is 1. The second kappa shape index (κ2) is 10.0. The maximum absolute atomic E-state index is 12.2. The molecule has 8 heteroatoms. The van der Waals surface area contributed by atoms with Gasteiger partial charge in [-0.3, -0.25) is 4.79 Å². The van der Waals surface area contributed by atoms with Gasteiger partial charge < -0.3 is 20.7 Å². The molecule has 0 fully saturated rings. The summed E-state index contributed by atoms with van der Waals surface area (Å²) in [6.07, 6.45) is 0.810. The van der Waals surface area contributed by atoms with E-state index in [4.69, 9.17) is 10.00 Å². The number of hydrogen-bond acceptors (Lipinski definition) is 5. The van der Waals surface area contributed by atoms with Crippen molar-refractivity contribution in [1.29, 1.82) is 5.26 Å². The van der Waals surface area contributed by atoms with Crippen LogP contribution < -0.4 is 16.0 Å². The number of nitrogens with zero attached hydrogens (tertiary/aromatic N) is 1. The molecule has 0 aliphatic heterocycles. The standard InChI is InChI=1S/C18H23IN4O3/c1-12-9-14(19)5-6-15(12)23-16(24)13(10-20)11-21-7-8-22-17(25)26-18(2,3)4/h5-6,9,11,21H,7-8H2,1-4H3,(H,22,25)(H,23,24)/b13-11-. The van der Waals surface area contributed by atoms with Gasteiger partial charge in [-0.15, -0.1) is 0 Å². The molecule has 0 atom stereocenters. The van der Waals surface area contributed by atoms with Gasteiger partial charge in [-0.25, -0.2) is 4.79 Å². The summed E-state index contributed by atoms with van der Waals surface area (Å²) in [6, 6.07) is 7.46. The minimum atomic E-state index is -0.558. The quantitative estimate of drug-likeness (QED) is 0.257. The van der Waals surface area contributed by atoms with E-state index in [0.717, 1.165) is 9.13 Å². The Bertz CT molecular complexity index is 733. The number of amides is 2. The van der Waals surface area contributed by atoms with E-state index in [-0.39, 0.29) is 5.57 Å². The molecule has 1 rings (SSSR count). The van der Waals surface area contributed by atoms with Crippen molar-refractivity contribution in [1.82, 2.24) is 10.6 Å². The molecule has 0 aromatic heterocycles. The second-order valence-electron chi connectivity index (χ2n) is 6.47. The van der Waals surface area contributed by atoms with Crippen LogP contribution in [-0.4, -0.2) is 30.7 Å². The van der Waals surface area contributed by atoms with Crippen molar-refractivity contribution in [3.8, 4) is 6.07 Å². The van der Waals surface area contributed by atoms with Crippen molar-refractivity contribution in [2.24, 2.45) is 0 Å². The zero-order valence-corrected chi connectivity index (χ0v) is 17.4. The number of rotatable bonds is 6. The van der Waals surface area contributed by atoms with E-state index in [1.165, 1.54) is 6.20 Å². The molecule has 0 saturated carbocycles. The first-order valence-electron chi connectivity index (χ1n) is 8.00. The summed E-state index contributed by atoms with van der Waals surface area (Å²) in [5.74, 6) is -0.496. The van der Waals surface area contributed by atoms with Gasteiger partial charge >= 0.3 is 6.09 Å². The Kier molecular flexibility index (Phi) is 8.38. The van der Waals surface area contributed by atoms with E-state index in [1.54, 1.807) is 26.8 Å². The number of nitrogens with one attached hydrogen (secondary N) is 3. The van der Waals surface area contributed by atoms with Crippen LogP contribution >= 0.6 is 22.6 Å². The average Bonchev–Trinajstić information content (AvgIpc) is 2.51. The normalized spacial score (nSPS) is 11.3. The van der Waals surface area contributed by atoms with Crippen LogP contribution in [0.25, 0.3) is 0 Å². The highest BCUT2D eigenvalue weighted by atomic mass is 127. The van der Waals surface area contributed by atoms with Gasteiger partial charge in [0.1, 0.15) is 17.2 Å². The third-order valence-corrected chi connectivity index (χ3v) is 3.66. The minimum absolute atomic E-state index is 0.0554. The molecule has 0 unspecified atom stereocenters. The fraction of sp³-hybridized carbons (Fsp3) is 0.389. The molecule has 0 aliphatic rings. The Balaban J connectivity index is 2.48. The maximum atomic E-state index is 12.2. The summed E-state index contributed by atoms with van der Waals surface area (Å²) < 4.78 is 6.16. The third-order valence-electron chi connectivity index (χ3n) is 2.99. The topological polar surface area (TPSA) is 103 Å². The summed E-state index contributed by atoms with van der Waals surface area (Å²) >= 11 is 2.19. The first-order chi connectivity index (χ1) is 12.1. The summed E-state index contributed by atoms with van der Waals surface area (Å²) in [6.45, 7) is 7.86. The summed E-state index contributed by atoms with van der Waals surface area (Å²) in [5.41, 5.74) is 0.956. The van der Waals surface area contributed by atoms with Gasteiger partial charge in [0.25, 0.3) is 5.91 Å². The molecule has 0 radical (unpaired) electrons. The molecular weight excluding hydrogens is 447 g/mol. The molecule has 1 aromatic carbocycles. The lowest BCUT2D eigenvalue weighted by Crippen LogP contribution is -2.35. The molecule has 0 bridgehead atoms. The zero-order chi connectivity index (χ0) is 19.7. The molecule has 0 spiro atoms. The molecule has 26 heavy (non-hydrogen) atoms. The van der Waals surface area contributed by atoms with Crippen molar-refractivity contribution >= 4 is 40.3 Å². The van der Waals surface area contributed by atoms with E-state index < -0.39 is 17.6 Å². The van der Waals surface area contributed by atoms with Crippen molar-refractivity contribution in [3.05, 3.63) is 39.1 Å². The number of alkyl carbamates (subject to hydrolysis) is 1. The third kappa shape index (κ3) is 8.20. The Morgan fingerprint density at radius 3 is 2.58 bits per heavy atom. The largest absolute Gasteiger partial charge is 0.444 e. The fourth-order valence-electron chi connectivity index (χ4n) is 1.83. The highest BCUT2D eigenvalue weighted by Gasteiger charge is 2.15. The van der Waals surface area contributed by atoms with Crippen LogP contribution in [0, 0.1) is 21.8 Å².